The molecule has 2 heterocycles. The quantitative estimate of drug-likeness (QED) is 0.234. The Morgan fingerprint density at radius 3 is 2.53 bits per heavy atom. The summed E-state index contributed by atoms with van der Waals surface area (Å²) in [6.45, 7) is 11.3. The third-order valence-corrected chi connectivity index (χ3v) is 7.98. The summed E-state index contributed by atoms with van der Waals surface area (Å²) in [5, 5.41) is 12.7. The highest BCUT2D eigenvalue weighted by Crippen LogP contribution is 2.34. The molecule has 0 bridgehead atoms. The van der Waals surface area contributed by atoms with Crippen LogP contribution in [0.15, 0.2) is 23.4 Å². The SMILES string of the molecule is CCn1c(SCC(=O)Nc2sc(C(N)=O)c(C)c2C(=O)OC(C)C)nnc1C(C)Oc1ccc(Cl)c(C)c1. The fourth-order valence-electron chi connectivity index (χ4n) is 3.60. The number of hydrogen-bond donors (Lipinski definition) is 2. The van der Waals surface area contributed by atoms with Crippen LogP contribution in [-0.4, -0.2) is 44.4 Å². The molecular formula is C25H30ClN5O5S2. The van der Waals surface area contributed by atoms with Gasteiger partial charge in [-0.3, -0.25) is 9.59 Å². The van der Waals surface area contributed by atoms with Crippen molar-refractivity contribution in [2.24, 2.45) is 5.73 Å². The molecule has 0 saturated heterocycles. The Hall–Kier alpha value is -3.09. The molecule has 1 unspecified atom stereocenters. The first kappa shape index (κ1) is 29.5. The molecular weight excluding hydrogens is 550 g/mol. The Kier molecular flexibility index (Phi) is 9.80. The van der Waals surface area contributed by atoms with E-state index in [0.29, 0.717) is 33.9 Å². The van der Waals surface area contributed by atoms with Crippen LogP contribution in [0.2, 0.25) is 5.02 Å². The summed E-state index contributed by atoms with van der Waals surface area (Å²) in [7, 11) is 0. The van der Waals surface area contributed by atoms with Crippen molar-refractivity contribution < 1.29 is 23.9 Å². The molecule has 1 atom stereocenters. The van der Waals surface area contributed by atoms with Crippen LogP contribution in [0.3, 0.4) is 0 Å². The highest BCUT2D eigenvalue weighted by Gasteiger charge is 2.27. The number of benzene rings is 1. The summed E-state index contributed by atoms with van der Waals surface area (Å²) in [5.74, 6) is -0.447. The minimum absolute atomic E-state index is 0.00866. The number of primary amides is 1. The number of hydrogen-bond acceptors (Lipinski definition) is 9. The summed E-state index contributed by atoms with van der Waals surface area (Å²) in [6.07, 6.45) is -0.773. The van der Waals surface area contributed by atoms with Crippen LogP contribution in [0, 0.1) is 13.8 Å². The molecule has 10 nitrogen and oxygen atoms in total. The number of carbonyl (C=O) groups excluding carboxylic acids is 3. The number of rotatable bonds is 11. The van der Waals surface area contributed by atoms with Gasteiger partial charge in [0.2, 0.25) is 5.91 Å². The van der Waals surface area contributed by atoms with Crippen LogP contribution in [0.4, 0.5) is 5.00 Å². The number of nitrogens with one attached hydrogen (secondary N) is 1. The number of aromatic nitrogens is 3. The van der Waals surface area contributed by atoms with E-state index in [9.17, 15) is 14.4 Å². The average molecular weight is 580 g/mol. The monoisotopic (exact) mass is 579 g/mol. The second-order valence-electron chi connectivity index (χ2n) is 8.67. The van der Waals surface area contributed by atoms with Gasteiger partial charge >= 0.3 is 5.97 Å². The number of aryl methyl sites for hydroxylation is 1. The van der Waals surface area contributed by atoms with Gasteiger partial charge in [-0.1, -0.05) is 23.4 Å². The molecule has 0 saturated carbocycles. The van der Waals surface area contributed by atoms with E-state index < -0.39 is 18.0 Å². The second kappa shape index (κ2) is 12.6. The van der Waals surface area contributed by atoms with E-state index in [-0.39, 0.29) is 33.2 Å². The number of thioether (sulfide) groups is 1. The summed E-state index contributed by atoms with van der Waals surface area (Å²) in [5.41, 5.74) is 6.85. The van der Waals surface area contributed by atoms with Crippen LogP contribution in [0.1, 0.15) is 70.8 Å². The average Bonchev–Trinajstić information content (AvgIpc) is 3.40. The molecule has 0 aliphatic carbocycles. The molecule has 3 rings (SSSR count). The molecule has 0 spiro atoms. The number of thiophene rings is 1. The van der Waals surface area contributed by atoms with E-state index in [1.165, 1.54) is 11.8 Å². The van der Waals surface area contributed by atoms with Gasteiger partial charge in [0.15, 0.2) is 17.1 Å². The zero-order valence-electron chi connectivity index (χ0n) is 22.0. The van der Waals surface area contributed by atoms with Gasteiger partial charge < -0.3 is 25.1 Å². The van der Waals surface area contributed by atoms with Crippen molar-refractivity contribution >= 4 is 57.5 Å². The van der Waals surface area contributed by atoms with Crippen molar-refractivity contribution in [1.29, 1.82) is 0 Å². The molecule has 3 N–H and O–H groups in total. The summed E-state index contributed by atoms with van der Waals surface area (Å²) < 4.78 is 13.2. The number of nitrogens with zero attached hydrogens (tertiary/aromatic N) is 3. The van der Waals surface area contributed by atoms with Gasteiger partial charge in [0.05, 0.1) is 22.3 Å². The summed E-state index contributed by atoms with van der Waals surface area (Å²) >= 11 is 8.24. The number of nitrogens with two attached hydrogens (primary N) is 1. The number of ether oxygens (including phenoxy) is 2. The third-order valence-electron chi connectivity index (χ3n) is 5.37. The van der Waals surface area contributed by atoms with Crippen molar-refractivity contribution in [3.8, 4) is 5.75 Å². The predicted molar refractivity (Wildman–Crippen MR) is 148 cm³/mol. The molecule has 0 radical (unpaired) electrons. The number of amides is 2. The van der Waals surface area contributed by atoms with Crippen LogP contribution < -0.4 is 15.8 Å². The van der Waals surface area contributed by atoms with Crippen molar-refractivity contribution in [1.82, 2.24) is 14.8 Å². The molecule has 3 aromatic rings. The van der Waals surface area contributed by atoms with Gasteiger partial charge in [-0.15, -0.1) is 21.5 Å². The Bertz CT molecular complexity index is 1350. The zero-order chi connectivity index (χ0) is 28.1. The maximum absolute atomic E-state index is 12.8. The number of anilines is 1. The molecule has 1 aromatic carbocycles. The van der Waals surface area contributed by atoms with Gasteiger partial charge in [-0.2, -0.15) is 0 Å². The molecule has 2 aromatic heterocycles. The van der Waals surface area contributed by atoms with Crippen molar-refractivity contribution in [2.45, 2.75) is 65.5 Å². The normalized spacial score (nSPS) is 11.9. The molecule has 0 aliphatic heterocycles. The standard InChI is InChI=1S/C25H30ClN5O5S2/c1-7-31-22(15(6)36-16-8-9-17(26)13(4)10-16)29-30-25(31)37-11-18(32)28-23-19(24(34)35-12(2)3)14(5)20(38-23)21(27)33/h8-10,12,15H,7,11H2,1-6H3,(H2,27,33)(H,28,32). The molecule has 0 aliphatic rings. The Labute approximate surface area is 234 Å². The Morgan fingerprint density at radius 2 is 1.92 bits per heavy atom. The Balaban J connectivity index is 1.72. The lowest BCUT2D eigenvalue weighted by Crippen LogP contribution is -2.18. The molecule has 2 amide bonds. The first-order valence-corrected chi connectivity index (χ1v) is 14.0. The first-order valence-electron chi connectivity index (χ1n) is 11.9. The van der Waals surface area contributed by atoms with Gasteiger partial charge in [-0.05, 0) is 70.9 Å². The van der Waals surface area contributed by atoms with Crippen molar-refractivity contribution in [2.75, 3.05) is 11.1 Å². The smallest absolute Gasteiger partial charge is 0.341 e. The van der Waals surface area contributed by atoms with E-state index in [1.54, 1.807) is 32.9 Å². The maximum atomic E-state index is 12.8. The lowest BCUT2D eigenvalue weighted by molar-refractivity contribution is -0.113. The fourth-order valence-corrected chi connectivity index (χ4v) is 5.59. The van der Waals surface area contributed by atoms with Crippen LogP contribution in [0.25, 0.3) is 0 Å². The van der Waals surface area contributed by atoms with Crippen molar-refractivity contribution in [3.63, 3.8) is 0 Å². The van der Waals surface area contributed by atoms with Gasteiger partial charge in [0, 0.05) is 11.6 Å². The minimum atomic E-state index is -0.686. The van der Waals surface area contributed by atoms with Gasteiger partial charge in [0.25, 0.3) is 5.91 Å². The van der Waals surface area contributed by atoms with Crippen LogP contribution >= 0.6 is 34.7 Å². The molecule has 0 fully saturated rings. The highest BCUT2D eigenvalue weighted by molar-refractivity contribution is 7.99. The Morgan fingerprint density at radius 1 is 1.21 bits per heavy atom. The zero-order valence-corrected chi connectivity index (χ0v) is 24.3. The van der Waals surface area contributed by atoms with Gasteiger partial charge in [-0.25, -0.2) is 4.79 Å². The largest absolute Gasteiger partial charge is 0.483 e. The molecule has 204 valence electrons. The number of halogens is 1. The number of carbonyl (C=O) groups is 3. The third kappa shape index (κ3) is 6.86. The summed E-state index contributed by atoms with van der Waals surface area (Å²) in [6, 6.07) is 5.42. The van der Waals surface area contributed by atoms with Crippen molar-refractivity contribution in [3.05, 3.63) is 50.6 Å². The maximum Gasteiger partial charge on any atom is 0.341 e. The number of esters is 1. The fraction of sp³-hybridized carbons (Fsp3) is 0.400. The van der Waals surface area contributed by atoms with Crippen LogP contribution in [0.5, 0.6) is 5.75 Å². The van der Waals surface area contributed by atoms with E-state index in [0.717, 1.165) is 16.9 Å². The van der Waals surface area contributed by atoms with E-state index in [1.807, 2.05) is 31.4 Å². The molecule has 38 heavy (non-hydrogen) atoms. The van der Waals surface area contributed by atoms with Crippen LogP contribution in [-0.2, 0) is 16.1 Å². The lowest BCUT2D eigenvalue weighted by Gasteiger charge is -2.16. The van der Waals surface area contributed by atoms with E-state index in [2.05, 4.69) is 15.5 Å². The van der Waals surface area contributed by atoms with E-state index in [4.69, 9.17) is 26.8 Å². The highest BCUT2D eigenvalue weighted by atomic mass is 35.5. The second-order valence-corrected chi connectivity index (χ2v) is 11.0. The van der Waals surface area contributed by atoms with Gasteiger partial charge in [0.1, 0.15) is 10.8 Å². The lowest BCUT2D eigenvalue weighted by atomic mass is 10.1. The van der Waals surface area contributed by atoms with E-state index >= 15 is 0 Å². The molecule has 13 heteroatoms. The topological polar surface area (TPSA) is 138 Å². The minimum Gasteiger partial charge on any atom is -0.483 e. The predicted octanol–water partition coefficient (Wildman–Crippen LogP) is 5.16. The first-order chi connectivity index (χ1) is 17.9. The summed E-state index contributed by atoms with van der Waals surface area (Å²) in [4.78, 5) is 37.5.